The highest BCUT2D eigenvalue weighted by atomic mass is 16.5. The van der Waals surface area contributed by atoms with E-state index in [1.54, 1.807) is 27.0 Å². The number of aryl methyl sites for hydroxylation is 1. The number of H-pyrrole nitrogens is 1. The fraction of sp³-hybridized carbons (Fsp3) is 0.444. The topological polar surface area (TPSA) is 75.5 Å². The Kier molecular flexibility index (Phi) is 5.62. The van der Waals surface area contributed by atoms with Crippen molar-refractivity contribution in [3.63, 3.8) is 0 Å². The van der Waals surface area contributed by atoms with E-state index in [0.29, 0.717) is 35.7 Å². The number of likely N-dealkylation sites (N-methyl/N-ethyl adjacent to an activating group) is 1. The zero-order valence-electron chi connectivity index (χ0n) is 14.8. The van der Waals surface area contributed by atoms with Gasteiger partial charge in [0.25, 0.3) is 0 Å². The van der Waals surface area contributed by atoms with Gasteiger partial charge in [0.05, 0.1) is 36.7 Å². The predicted octanol–water partition coefficient (Wildman–Crippen LogP) is 3.10. The molecule has 0 spiro atoms. The molecule has 0 radical (unpaired) electrons. The monoisotopic (exact) mass is 332 g/mol. The van der Waals surface area contributed by atoms with E-state index < -0.39 is 5.97 Å². The first-order valence-electron chi connectivity index (χ1n) is 7.99. The van der Waals surface area contributed by atoms with E-state index in [4.69, 9.17) is 9.15 Å². The van der Waals surface area contributed by atoms with Crippen LogP contribution in [0.4, 0.5) is 0 Å². The molecule has 6 heteroatoms. The maximum absolute atomic E-state index is 12.8. The summed E-state index contributed by atoms with van der Waals surface area (Å²) in [5.74, 6) is 0.323. The predicted molar refractivity (Wildman–Crippen MR) is 90.2 cm³/mol. The molecule has 2 heterocycles. The highest BCUT2D eigenvalue weighted by Gasteiger charge is 2.27. The van der Waals surface area contributed by atoms with Crippen LogP contribution < -0.4 is 0 Å². The van der Waals surface area contributed by atoms with Crippen molar-refractivity contribution in [2.24, 2.45) is 0 Å². The van der Waals surface area contributed by atoms with Gasteiger partial charge in [-0.3, -0.25) is 9.69 Å². The molecule has 0 aromatic carbocycles. The second kappa shape index (κ2) is 7.49. The minimum absolute atomic E-state index is 0.0693. The largest absolute Gasteiger partial charge is 0.468 e. The number of hydrogen-bond donors (Lipinski definition) is 1. The number of nitrogens with one attached hydrogen (secondary N) is 1. The van der Waals surface area contributed by atoms with Crippen molar-refractivity contribution < 1.29 is 18.7 Å². The summed E-state index contributed by atoms with van der Waals surface area (Å²) >= 11 is 0. The number of ether oxygens (including phenoxy) is 1. The van der Waals surface area contributed by atoms with Crippen molar-refractivity contribution in [3.8, 4) is 0 Å². The van der Waals surface area contributed by atoms with Crippen molar-refractivity contribution in [1.29, 1.82) is 0 Å². The van der Waals surface area contributed by atoms with Gasteiger partial charge in [-0.05, 0) is 52.4 Å². The Hall–Kier alpha value is -2.34. The zero-order valence-corrected chi connectivity index (χ0v) is 14.8. The molecule has 2 rings (SSSR count). The van der Waals surface area contributed by atoms with Crippen LogP contribution in [0.25, 0.3) is 0 Å². The molecule has 0 saturated carbocycles. The Labute approximate surface area is 141 Å². The zero-order chi connectivity index (χ0) is 17.9. The van der Waals surface area contributed by atoms with Gasteiger partial charge in [-0.25, -0.2) is 4.79 Å². The van der Waals surface area contributed by atoms with Gasteiger partial charge in [0, 0.05) is 5.69 Å². The lowest BCUT2D eigenvalue weighted by Gasteiger charge is -2.22. The summed E-state index contributed by atoms with van der Waals surface area (Å²) in [7, 11) is 1.86. The molecular weight excluding hydrogens is 308 g/mol. The van der Waals surface area contributed by atoms with E-state index in [9.17, 15) is 9.59 Å². The first kappa shape index (κ1) is 18.0. The highest BCUT2D eigenvalue weighted by molar-refractivity contribution is 6.03. The number of aromatic nitrogens is 1. The van der Waals surface area contributed by atoms with Gasteiger partial charge in [0.2, 0.25) is 0 Å². The molecule has 24 heavy (non-hydrogen) atoms. The van der Waals surface area contributed by atoms with Crippen molar-refractivity contribution in [3.05, 3.63) is 46.7 Å². The summed E-state index contributed by atoms with van der Waals surface area (Å²) in [6.45, 7) is 7.96. The fourth-order valence-electron chi connectivity index (χ4n) is 2.70. The van der Waals surface area contributed by atoms with E-state index in [1.807, 2.05) is 31.0 Å². The molecule has 1 atom stereocenters. The number of rotatable bonds is 7. The standard InChI is InChI=1S/C18H24N2O4/c1-6-23-18(22)15-11(2)16(19-12(15)3)17(21)13(4)20(5)10-14-8-7-9-24-14/h7-9,13,19H,6,10H2,1-5H3. The van der Waals surface area contributed by atoms with Crippen molar-refractivity contribution >= 4 is 11.8 Å². The van der Waals surface area contributed by atoms with Crippen LogP contribution >= 0.6 is 0 Å². The lowest BCUT2D eigenvalue weighted by Crippen LogP contribution is -2.36. The van der Waals surface area contributed by atoms with Gasteiger partial charge in [0.1, 0.15) is 5.76 Å². The lowest BCUT2D eigenvalue weighted by atomic mass is 10.0. The molecule has 0 aliphatic carbocycles. The van der Waals surface area contributed by atoms with Gasteiger partial charge in [-0.1, -0.05) is 0 Å². The smallest absolute Gasteiger partial charge is 0.340 e. The summed E-state index contributed by atoms with van der Waals surface area (Å²) in [5, 5.41) is 0. The number of aromatic amines is 1. The van der Waals surface area contributed by atoms with Crippen LogP contribution in [-0.4, -0.2) is 41.3 Å². The summed E-state index contributed by atoms with van der Waals surface area (Å²) in [4.78, 5) is 29.8. The molecule has 2 aromatic heterocycles. The number of ketones is 1. The molecule has 6 nitrogen and oxygen atoms in total. The summed E-state index contributed by atoms with van der Waals surface area (Å²) < 4.78 is 10.4. The molecule has 0 saturated heterocycles. The second-order valence-corrected chi connectivity index (χ2v) is 5.88. The number of carbonyl (C=O) groups is 2. The van der Waals surface area contributed by atoms with Gasteiger partial charge in [0.15, 0.2) is 5.78 Å². The summed E-state index contributed by atoms with van der Waals surface area (Å²) in [5.41, 5.74) is 2.18. The van der Waals surface area contributed by atoms with Crippen molar-refractivity contribution in [1.82, 2.24) is 9.88 Å². The van der Waals surface area contributed by atoms with Gasteiger partial charge in [-0.2, -0.15) is 0 Å². The Morgan fingerprint density at radius 3 is 2.67 bits per heavy atom. The van der Waals surface area contributed by atoms with E-state index in [0.717, 1.165) is 5.76 Å². The lowest BCUT2D eigenvalue weighted by molar-refractivity contribution is 0.0525. The third-order valence-corrected chi connectivity index (χ3v) is 4.19. The van der Waals surface area contributed by atoms with Crippen LogP contribution in [0.15, 0.2) is 22.8 Å². The molecule has 0 aliphatic heterocycles. The second-order valence-electron chi connectivity index (χ2n) is 5.88. The van der Waals surface area contributed by atoms with Crippen LogP contribution in [0.2, 0.25) is 0 Å². The number of esters is 1. The molecular formula is C18H24N2O4. The first-order chi connectivity index (χ1) is 11.4. The van der Waals surface area contributed by atoms with Crippen LogP contribution in [0, 0.1) is 13.8 Å². The minimum atomic E-state index is -0.403. The molecule has 0 aliphatic rings. The van der Waals surface area contributed by atoms with Crippen LogP contribution in [-0.2, 0) is 11.3 Å². The van der Waals surface area contributed by atoms with E-state index in [2.05, 4.69) is 4.98 Å². The third kappa shape index (κ3) is 3.59. The van der Waals surface area contributed by atoms with Gasteiger partial charge < -0.3 is 14.1 Å². The van der Waals surface area contributed by atoms with Gasteiger partial charge in [-0.15, -0.1) is 0 Å². The number of hydrogen-bond acceptors (Lipinski definition) is 5. The average Bonchev–Trinajstić information content (AvgIpc) is 3.14. The van der Waals surface area contributed by atoms with E-state index >= 15 is 0 Å². The Bertz CT molecular complexity index is 716. The van der Waals surface area contributed by atoms with Crippen LogP contribution in [0.3, 0.4) is 0 Å². The molecule has 1 unspecified atom stereocenters. The van der Waals surface area contributed by atoms with E-state index in [1.165, 1.54) is 0 Å². The molecule has 1 N–H and O–H groups in total. The Morgan fingerprint density at radius 1 is 1.38 bits per heavy atom. The molecule has 0 bridgehead atoms. The number of furan rings is 1. The Morgan fingerprint density at radius 2 is 2.08 bits per heavy atom. The SMILES string of the molecule is CCOC(=O)c1c(C)[nH]c(C(=O)C(C)N(C)Cc2ccco2)c1C. The average molecular weight is 332 g/mol. The molecule has 0 amide bonds. The first-order valence-corrected chi connectivity index (χ1v) is 7.99. The summed E-state index contributed by atoms with van der Waals surface area (Å²) in [6.07, 6.45) is 1.61. The quantitative estimate of drug-likeness (QED) is 0.623. The third-order valence-electron chi connectivity index (χ3n) is 4.19. The molecule has 2 aromatic rings. The normalized spacial score (nSPS) is 12.4. The van der Waals surface area contributed by atoms with Crippen molar-refractivity contribution in [2.45, 2.75) is 40.3 Å². The van der Waals surface area contributed by atoms with Crippen LogP contribution in [0.5, 0.6) is 0 Å². The Balaban J connectivity index is 2.20. The van der Waals surface area contributed by atoms with Crippen LogP contribution in [0.1, 0.15) is 51.7 Å². The maximum Gasteiger partial charge on any atom is 0.340 e. The van der Waals surface area contributed by atoms with E-state index in [-0.39, 0.29) is 11.8 Å². The van der Waals surface area contributed by atoms with Gasteiger partial charge >= 0.3 is 5.97 Å². The summed E-state index contributed by atoms with van der Waals surface area (Å²) in [6, 6.07) is 3.33. The molecule has 130 valence electrons. The minimum Gasteiger partial charge on any atom is -0.468 e. The number of Topliss-reactive ketones (excluding diaryl/α,β-unsaturated/α-hetero) is 1. The highest BCUT2D eigenvalue weighted by Crippen LogP contribution is 2.21. The van der Waals surface area contributed by atoms with Crippen molar-refractivity contribution in [2.75, 3.05) is 13.7 Å². The fourth-order valence-corrected chi connectivity index (χ4v) is 2.70. The maximum atomic E-state index is 12.8. The number of carbonyl (C=O) groups excluding carboxylic acids is 2. The number of nitrogens with zero attached hydrogens (tertiary/aromatic N) is 1. The molecule has 0 fully saturated rings.